The average Bonchev–Trinajstić information content (AvgIpc) is 3.35. The van der Waals surface area contributed by atoms with Crippen molar-refractivity contribution in [2.45, 2.75) is 88.9 Å². The summed E-state index contributed by atoms with van der Waals surface area (Å²) in [6.07, 6.45) is 0.704. The predicted molar refractivity (Wildman–Crippen MR) is 173 cm³/mol. The van der Waals surface area contributed by atoms with E-state index in [4.69, 9.17) is 13.3 Å². The van der Waals surface area contributed by atoms with Gasteiger partial charge in [0.1, 0.15) is 5.60 Å². The van der Waals surface area contributed by atoms with Gasteiger partial charge in [0.15, 0.2) is 0 Å². The van der Waals surface area contributed by atoms with Crippen molar-refractivity contribution < 1.29 is 26.6 Å². The van der Waals surface area contributed by atoms with Crippen LogP contribution in [0.1, 0.15) is 59.9 Å². The van der Waals surface area contributed by atoms with Crippen molar-refractivity contribution in [1.82, 2.24) is 4.90 Å². The van der Waals surface area contributed by atoms with Crippen molar-refractivity contribution in [3.05, 3.63) is 90.5 Å². The number of aryl methyl sites for hydroxylation is 1. The molecule has 3 aromatic carbocycles. The highest BCUT2D eigenvalue weighted by atomic mass is 32.2. The molecule has 43 heavy (non-hydrogen) atoms. The average molecular weight is 624 g/mol. The van der Waals surface area contributed by atoms with Crippen LogP contribution in [-0.2, 0) is 23.5 Å². The maximum absolute atomic E-state index is 13.6. The minimum absolute atomic E-state index is 0.0893. The maximum Gasteiger partial charge on any atom is 0.410 e. The fraction of sp³-hybridized carbons (Fsp3) is 0.441. The molecule has 0 radical (unpaired) electrons. The largest absolute Gasteiger partial charge is 0.444 e. The Morgan fingerprint density at radius 3 is 1.74 bits per heavy atom. The van der Waals surface area contributed by atoms with E-state index in [1.165, 1.54) is 12.1 Å². The minimum atomic E-state index is -4.00. The summed E-state index contributed by atoms with van der Waals surface area (Å²) < 4.78 is 44.5. The van der Waals surface area contributed by atoms with Crippen LogP contribution in [0.3, 0.4) is 0 Å². The smallest absolute Gasteiger partial charge is 0.410 e. The van der Waals surface area contributed by atoms with Crippen molar-refractivity contribution in [2.75, 3.05) is 13.2 Å². The molecule has 0 spiro atoms. The second kappa shape index (κ2) is 12.9. The molecule has 3 aromatic rings. The Morgan fingerprint density at radius 1 is 0.791 bits per heavy atom. The molecule has 0 unspecified atom stereocenters. The summed E-state index contributed by atoms with van der Waals surface area (Å²) in [5.74, 6) is 0. The first kappa shape index (κ1) is 32.9. The van der Waals surface area contributed by atoms with E-state index >= 15 is 0 Å². The number of likely N-dealkylation sites (tertiary alicyclic amines) is 1. The van der Waals surface area contributed by atoms with Gasteiger partial charge < -0.3 is 9.16 Å². The van der Waals surface area contributed by atoms with Gasteiger partial charge in [0.2, 0.25) is 0 Å². The molecule has 9 heteroatoms. The van der Waals surface area contributed by atoms with Crippen LogP contribution < -0.4 is 10.4 Å². The molecule has 1 saturated heterocycles. The molecular formula is C34H45NO6SSi. The van der Waals surface area contributed by atoms with Crippen LogP contribution in [0.25, 0.3) is 0 Å². The summed E-state index contributed by atoms with van der Waals surface area (Å²) in [6.45, 7) is 14.1. The molecule has 1 amide bonds. The van der Waals surface area contributed by atoms with Crippen LogP contribution in [0.5, 0.6) is 0 Å². The number of nitrogens with zero attached hydrogens (tertiary/aromatic N) is 1. The van der Waals surface area contributed by atoms with Gasteiger partial charge >= 0.3 is 6.09 Å². The Bertz CT molecular complexity index is 1430. The van der Waals surface area contributed by atoms with Crippen LogP contribution in [-0.4, -0.2) is 58.6 Å². The van der Waals surface area contributed by atoms with Crippen molar-refractivity contribution >= 4 is 34.9 Å². The highest BCUT2D eigenvalue weighted by Crippen LogP contribution is 2.38. The second-order valence-electron chi connectivity index (χ2n) is 13.3. The van der Waals surface area contributed by atoms with E-state index < -0.39 is 36.2 Å². The van der Waals surface area contributed by atoms with Crippen molar-refractivity contribution in [3.63, 3.8) is 0 Å². The number of carbonyl (C=O) groups excluding carboxylic acids is 1. The number of rotatable bonds is 9. The molecule has 0 N–H and O–H groups in total. The molecule has 1 heterocycles. The van der Waals surface area contributed by atoms with Gasteiger partial charge in [-0.05, 0) is 68.1 Å². The Labute approximate surface area is 258 Å². The molecule has 0 aromatic heterocycles. The van der Waals surface area contributed by atoms with Gasteiger partial charge in [-0.2, -0.15) is 8.42 Å². The second-order valence-corrected chi connectivity index (χ2v) is 19.2. The van der Waals surface area contributed by atoms with Gasteiger partial charge in [-0.1, -0.05) is 99.1 Å². The Morgan fingerprint density at radius 2 is 1.28 bits per heavy atom. The molecule has 0 bridgehead atoms. The monoisotopic (exact) mass is 623 g/mol. The minimum Gasteiger partial charge on any atom is -0.444 e. The highest BCUT2D eigenvalue weighted by molar-refractivity contribution is 7.86. The molecule has 0 aliphatic carbocycles. The Balaban J connectivity index is 1.64. The maximum atomic E-state index is 13.6. The molecule has 2 atom stereocenters. The zero-order chi connectivity index (χ0) is 31.5. The summed E-state index contributed by atoms with van der Waals surface area (Å²) in [5, 5.41) is 2.08. The van der Waals surface area contributed by atoms with Gasteiger partial charge in [-0.15, -0.1) is 0 Å². The fourth-order valence-corrected chi connectivity index (χ4v) is 11.4. The quantitative estimate of drug-likeness (QED) is 0.213. The third-order valence-corrected chi connectivity index (χ3v) is 14.2. The molecule has 7 nitrogen and oxygen atoms in total. The SMILES string of the molecule is Cc1ccc(S(=O)(=O)OC[C@H]2CC[C@@H](CO[Si](c3ccccc3)(c3ccccc3)C(C)(C)C)N2C(=O)OC(C)(C)C)cc1. The van der Waals surface area contributed by atoms with E-state index in [0.717, 1.165) is 15.9 Å². The van der Waals surface area contributed by atoms with Crippen molar-refractivity contribution in [3.8, 4) is 0 Å². The Hall–Kier alpha value is -2.98. The van der Waals surface area contributed by atoms with E-state index in [-0.39, 0.29) is 29.2 Å². The molecule has 1 aliphatic rings. The first-order chi connectivity index (χ1) is 20.1. The van der Waals surface area contributed by atoms with E-state index in [1.807, 2.05) is 64.1 Å². The number of benzene rings is 3. The van der Waals surface area contributed by atoms with Crippen LogP contribution in [0.4, 0.5) is 4.79 Å². The molecule has 4 rings (SSSR count). The van der Waals surface area contributed by atoms with Crippen LogP contribution in [0.15, 0.2) is 89.8 Å². The van der Waals surface area contributed by atoms with Gasteiger partial charge in [0.25, 0.3) is 18.4 Å². The number of amides is 1. The third-order valence-electron chi connectivity index (χ3n) is 7.86. The number of hydrogen-bond donors (Lipinski definition) is 0. The Kier molecular flexibility index (Phi) is 9.91. The lowest BCUT2D eigenvalue weighted by molar-refractivity contribution is 0.00551. The van der Waals surface area contributed by atoms with Gasteiger partial charge in [-0.3, -0.25) is 9.08 Å². The van der Waals surface area contributed by atoms with Crippen molar-refractivity contribution in [1.29, 1.82) is 0 Å². The lowest BCUT2D eigenvalue weighted by Gasteiger charge is -2.44. The summed E-state index contributed by atoms with van der Waals surface area (Å²) in [7, 11) is -6.85. The summed E-state index contributed by atoms with van der Waals surface area (Å²) in [6, 6.07) is 26.5. The lowest BCUT2D eigenvalue weighted by atomic mass is 10.2. The lowest BCUT2D eigenvalue weighted by Crippen LogP contribution is -2.67. The number of carbonyl (C=O) groups is 1. The first-order valence-electron chi connectivity index (χ1n) is 14.9. The van der Waals surface area contributed by atoms with E-state index in [1.54, 1.807) is 17.0 Å². The number of ether oxygens (including phenoxy) is 1. The van der Waals surface area contributed by atoms with E-state index in [2.05, 4.69) is 45.0 Å². The standard InChI is InChI=1S/C34H45NO6SSi/c1-26-18-22-29(23-19-26)42(37,38)39-24-27-20-21-28(35(27)32(36)41-33(2,3)4)25-40-43(34(5,6)7,30-14-10-8-11-15-30)31-16-12-9-13-17-31/h8-19,22-23,27-28H,20-21,24-25H2,1-7H3/t27-,28+/m1/s1. The third kappa shape index (κ3) is 7.57. The molecule has 1 aliphatic heterocycles. The van der Waals surface area contributed by atoms with Gasteiger partial charge in [0.05, 0.1) is 30.2 Å². The van der Waals surface area contributed by atoms with Crippen LogP contribution in [0.2, 0.25) is 5.04 Å². The van der Waals surface area contributed by atoms with Crippen LogP contribution >= 0.6 is 0 Å². The summed E-state index contributed by atoms with van der Waals surface area (Å²) in [5.41, 5.74) is 0.234. The normalized spacial score (nSPS) is 18.1. The van der Waals surface area contributed by atoms with E-state index in [0.29, 0.717) is 12.8 Å². The molecule has 232 valence electrons. The van der Waals surface area contributed by atoms with Gasteiger partial charge in [-0.25, -0.2) is 4.79 Å². The fourth-order valence-electron chi connectivity index (χ4n) is 5.83. The molecule has 1 fully saturated rings. The topological polar surface area (TPSA) is 82.1 Å². The molecular weight excluding hydrogens is 579 g/mol. The zero-order valence-corrected chi connectivity index (χ0v) is 28.2. The predicted octanol–water partition coefficient (Wildman–Crippen LogP) is 6.05. The summed E-state index contributed by atoms with van der Waals surface area (Å²) >= 11 is 0. The first-order valence-corrected chi connectivity index (χ1v) is 18.2. The highest BCUT2D eigenvalue weighted by Gasteiger charge is 2.51. The van der Waals surface area contributed by atoms with Gasteiger partial charge in [0, 0.05) is 0 Å². The van der Waals surface area contributed by atoms with Crippen LogP contribution in [0, 0.1) is 6.92 Å². The van der Waals surface area contributed by atoms with E-state index in [9.17, 15) is 13.2 Å². The summed E-state index contributed by atoms with van der Waals surface area (Å²) in [4.78, 5) is 15.4. The number of hydrogen-bond acceptors (Lipinski definition) is 6. The molecule has 0 saturated carbocycles. The van der Waals surface area contributed by atoms with Crippen molar-refractivity contribution in [2.24, 2.45) is 0 Å². The zero-order valence-electron chi connectivity index (χ0n) is 26.4.